The second-order valence-electron chi connectivity index (χ2n) is 6.51. The van der Waals surface area contributed by atoms with Gasteiger partial charge in [0.05, 0.1) is 4.90 Å². The molecule has 2 aromatic carbocycles. The second-order valence-corrected chi connectivity index (χ2v) is 8.89. The average Bonchev–Trinajstić information content (AvgIpc) is 3.17. The lowest BCUT2D eigenvalue weighted by Crippen LogP contribution is -2.32. The lowest BCUT2D eigenvalue weighted by atomic mass is 10.1. The average molecular weight is 476 g/mol. The number of halogens is 1. The normalized spacial score (nSPS) is 11.5. The number of carbonyl (C=O) groups is 1. The van der Waals surface area contributed by atoms with Crippen molar-refractivity contribution in [2.75, 3.05) is 5.32 Å². The maximum Gasteiger partial charge on any atom is 0.250 e. The monoisotopic (exact) mass is 475 g/mol. The first kappa shape index (κ1) is 22.7. The molecule has 1 aromatic heterocycles. The van der Waals surface area contributed by atoms with Crippen LogP contribution in [0.3, 0.4) is 0 Å². The van der Waals surface area contributed by atoms with Gasteiger partial charge in [0.15, 0.2) is 5.11 Å². The fourth-order valence-electron chi connectivity index (χ4n) is 2.55. The van der Waals surface area contributed by atoms with Gasteiger partial charge in [-0.15, -0.1) is 0 Å². The molecule has 0 unspecified atom stereocenters. The molecule has 0 bridgehead atoms. The van der Waals surface area contributed by atoms with Crippen LogP contribution in [0.5, 0.6) is 0 Å². The zero-order valence-corrected chi connectivity index (χ0v) is 18.6. The molecule has 0 aliphatic heterocycles. The zero-order chi connectivity index (χ0) is 22.6. The Morgan fingerprint density at radius 1 is 1.13 bits per heavy atom. The fraction of sp³-hybridized carbons (Fsp3) is 0.0476. The van der Waals surface area contributed by atoms with Crippen molar-refractivity contribution >= 4 is 56.6 Å². The fourth-order valence-corrected chi connectivity index (χ4v) is 3.46. The molecule has 1 heterocycles. The molecule has 3 rings (SSSR count). The van der Waals surface area contributed by atoms with E-state index in [1.165, 1.54) is 36.4 Å². The summed E-state index contributed by atoms with van der Waals surface area (Å²) >= 11 is 11.2. The van der Waals surface area contributed by atoms with Gasteiger partial charge in [0.25, 0.3) is 0 Å². The standard InChI is InChI=1S/C21H18ClN3O4S2/c1-13-2-3-14(12-18(13)22)19-10-6-16(29-19)7-11-20(26)25-21(30)24-15-4-8-17(9-5-15)31(23,27)28/h2-12H,1H3,(H2,23,27,28)(H2,24,25,26,30)/b11-7+. The summed E-state index contributed by atoms with van der Waals surface area (Å²) in [6.45, 7) is 1.92. The molecule has 3 aromatic rings. The number of nitrogens with two attached hydrogens (primary N) is 1. The van der Waals surface area contributed by atoms with Crippen LogP contribution in [0.4, 0.5) is 5.69 Å². The smallest absolute Gasteiger partial charge is 0.250 e. The number of anilines is 1. The summed E-state index contributed by atoms with van der Waals surface area (Å²) in [5, 5.41) is 11.0. The molecule has 0 aliphatic rings. The number of furan rings is 1. The zero-order valence-electron chi connectivity index (χ0n) is 16.3. The lowest BCUT2D eigenvalue weighted by Gasteiger charge is -2.08. The highest BCUT2D eigenvalue weighted by Gasteiger charge is 2.08. The van der Waals surface area contributed by atoms with Crippen LogP contribution in [0.15, 0.2) is 70.0 Å². The van der Waals surface area contributed by atoms with Crippen LogP contribution in [0.2, 0.25) is 5.02 Å². The maximum absolute atomic E-state index is 12.1. The van der Waals surface area contributed by atoms with Crippen molar-refractivity contribution in [3.8, 4) is 11.3 Å². The molecular weight excluding hydrogens is 458 g/mol. The number of amides is 1. The predicted molar refractivity (Wildman–Crippen MR) is 125 cm³/mol. The van der Waals surface area contributed by atoms with Gasteiger partial charge in [0, 0.05) is 22.3 Å². The number of carbonyl (C=O) groups excluding carboxylic acids is 1. The topological polar surface area (TPSA) is 114 Å². The van der Waals surface area contributed by atoms with E-state index in [2.05, 4.69) is 10.6 Å². The highest BCUT2D eigenvalue weighted by Crippen LogP contribution is 2.27. The van der Waals surface area contributed by atoms with E-state index in [0.717, 1.165) is 11.1 Å². The summed E-state index contributed by atoms with van der Waals surface area (Å²) in [7, 11) is -3.78. The van der Waals surface area contributed by atoms with Crippen molar-refractivity contribution in [2.24, 2.45) is 5.14 Å². The largest absolute Gasteiger partial charge is 0.457 e. The van der Waals surface area contributed by atoms with Crippen molar-refractivity contribution < 1.29 is 17.6 Å². The molecule has 31 heavy (non-hydrogen) atoms. The van der Waals surface area contributed by atoms with E-state index in [1.807, 2.05) is 25.1 Å². The van der Waals surface area contributed by atoms with Gasteiger partial charge in [-0.2, -0.15) is 0 Å². The minimum absolute atomic E-state index is 0.0262. The molecule has 0 fully saturated rings. The molecule has 10 heteroatoms. The minimum atomic E-state index is -3.78. The van der Waals surface area contributed by atoms with Gasteiger partial charge in [0.1, 0.15) is 11.5 Å². The number of rotatable bonds is 5. The van der Waals surface area contributed by atoms with Crippen molar-refractivity contribution in [1.82, 2.24) is 5.32 Å². The number of hydrogen-bond acceptors (Lipinski definition) is 5. The Balaban J connectivity index is 1.57. The van der Waals surface area contributed by atoms with Gasteiger partial charge >= 0.3 is 0 Å². The van der Waals surface area contributed by atoms with Gasteiger partial charge in [-0.1, -0.05) is 23.7 Å². The number of primary sulfonamides is 1. The minimum Gasteiger partial charge on any atom is -0.457 e. The highest BCUT2D eigenvalue weighted by molar-refractivity contribution is 7.89. The Bertz CT molecular complexity index is 1270. The second kappa shape index (κ2) is 9.44. The highest BCUT2D eigenvalue weighted by atomic mass is 35.5. The van der Waals surface area contributed by atoms with E-state index in [1.54, 1.807) is 12.1 Å². The van der Waals surface area contributed by atoms with Gasteiger partial charge in [-0.25, -0.2) is 13.6 Å². The molecule has 0 spiro atoms. The van der Waals surface area contributed by atoms with E-state index < -0.39 is 15.9 Å². The molecule has 0 atom stereocenters. The van der Waals surface area contributed by atoms with Crippen LogP contribution < -0.4 is 15.8 Å². The molecule has 0 saturated carbocycles. The third-order valence-corrected chi connectivity index (χ3v) is 5.70. The van der Waals surface area contributed by atoms with E-state index in [-0.39, 0.29) is 10.0 Å². The molecule has 1 amide bonds. The van der Waals surface area contributed by atoms with Crippen molar-refractivity contribution in [3.05, 3.63) is 77.0 Å². The molecule has 160 valence electrons. The van der Waals surface area contributed by atoms with E-state index >= 15 is 0 Å². The number of thiocarbonyl (C=S) groups is 1. The Morgan fingerprint density at radius 2 is 1.84 bits per heavy atom. The molecule has 0 aliphatic carbocycles. The van der Waals surface area contributed by atoms with Crippen molar-refractivity contribution in [3.63, 3.8) is 0 Å². The summed E-state index contributed by atoms with van der Waals surface area (Å²) in [6, 6.07) is 14.8. The van der Waals surface area contributed by atoms with E-state index in [9.17, 15) is 13.2 Å². The molecule has 7 nitrogen and oxygen atoms in total. The first-order valence-electron chi connectivity index (χ1n) is 8.91. The van der Waals surface area contributed by atoms with Crippen LogP contribution in [-0.4, -0.2) is 19.4 Å². The summed E-state index contributed by atoms with van der Waals surface area (Å²) < 4.78 is 28.3. The maximum atomic E-state index is 12.1. The third-order valence-electron chi connectivity index (χ3n) is 4.16. The van der Waals surface area contributed by atoms with Crippen molar-refractivity contribution in [2.45, 2.75) is 11.8 Å². The van der Waals surface area contributed by atoms with E-state index in [4.69, 9.17) is 33.4 Å². The lowest BCUT2D eigenvalue weighted by molar-refractivity contribution is -0.115. The third kappa shape index (κ3) is 6.25. The Labute approximate surface area is 189 Å². The quantitative estimate of drug-likeness (QED) is 0.378. The number of aryl methyl sites for hydroxylation is 1. The Kier molecular flexibility index (Phi) is 6.91. The SMILES string of the molecule is Cc1ccc(-c2ccc(/C=C/C(=O)NC(=S)Nc3ccc(S(N)(=O)=O)cc3)o2)cc1Cl. The number of benzene rings is 2. The van der Waals surface area contributed by atoms with Crippen LogP contribution in [0.25, 0.3) is 17.4 Å². The summed E-state index contributed by atoms with van der Waals surface area (Å²) in [5.41, 5.74) is 2.30. The molecular formula is C21H18ClN3O4S2. The number of hydrogen-bond donors (Lipinski definition) is 3. The van der Waals surface area contributed by atoms with Crippen LogP contribution in [0, 0.1) is 6.92 Å². The van der Waals surface area contributed by atoms with Gasteiger partial charge in [0.2, 0.25) is 15.9 Å². The Hall–Kier alpha value is -2.98. The number of nitrogens with one attached hydrogen (secondary N) is 2. The van der Waals surface area contributed by atoms with Crippen LogP contribution in [0.1, 0.15) is 11.3 Å². The first-order valence-corrected chi connectivity index (χ1v) is 11.2. The Morgan fingerprint density at radius 3 is 2.48 bits per heavy atom. The van der Waals surface area contributed by atoms with Gasteiger partial charge < -0.3 is 9.73 Å². The van der Waals surface area contributed by atoms with Crippen LogP contribution in [-0.2, 0) is 14.8 Å². The molecule has 0 saturated heterocycles. The van der Waals surface area contributed by atoms with E-state index in [0.29, 0.717) is 22.2 Å². The van der Waals surface area contributed by atoms with Crippen molar-refractivity contribution in [1.29, 1.82) is 0 Å². The number of sulfonamides is 1. The first-order chi connectivity index (χ1) is 14.6. The molecule has 0 radical (unpaired) electrons. The molecule has 4 N–H and O–H groups in total. The summed E-state index contributed by atoms with van der Waals surface area (Å²) in [6.07, 6.45) is 2.79. The van der Waals surface area contributed by atoms with Gasteiger partial charge in [-0.05, 0) is 73.2 Å². The van der Waals surface area contributed by atoms with Gasteiger partial charge in [-0.3, -0.25) is 10.1 Å². The predicted octanol–water partition coefficient (Wildman–Crippen LogP) is 4.08. The summed E-state index contributed by atoms with van der Waals surface area (Å²) in [4.78, 5) is 12.1. The summed E-state index contributed by atoms with van der Waals surface area (Å²) in [5.74, 6) is 0.649. The van der Waals surface area contributed by atoms with Crippen LogP contribution >= 0.6 is 23.8 Å².